The van der Waals surface area contributed by atoms with Crippen molar-refractivity contribution in [3.63, 3.8) is 0 Å². The quantitative estimate of drug-likeness (QED) is 0.774. The minimum absolute atomic E-state index is 0.0678. The van der Waals surface area contributed by atoms with Crippen LogP contribution in [0, 0.1) is 5.92 Å². The van der Waals surface area contributed by atoms with Gasteiger partial charge in [-0.15, -0.1) is 0 Å². The largest absolute Gasteiger partial charge is 0.463 e. The van der Waals surface area contributed by atoms with Crippen molar-refractivity contribution in [1.29, 1.82) is 0 Å². The van der Waals surface area contributed by atoms with Crippen molar-refractivity contribution in [2.45, 2.75) is 70.4 Å². The van der Waals surface area contributed by atoms with Crippen LogP contribution in [-0.4, -0.2) is 66.2 Å². The van der Waals surface area contributed by atoms with Gasteiger partial charge in [-0.05, 0) is 52.9 Å². The molecule has 0 aromatic carbocycles. The number of primary amides is 1. The van der Waals surface area contributed by atoms with E-state index in [0.29, 0.717) is 19.5 Å². The predicted molar refractivity (Wildman–Crippen MR) is 99.5 cm³/mol. The summed E-state index contributed by atoms with van der Waals surface area (Å²) in [7, 11) is -0.262. The molecule has 146 valence electrons. The van der Waals surface area contributed by atoms with Crippen molar-refractivity contribution in [3.8, 4) is 0 Å². The van der Waals surface area contributed by atoms with Crippen LogP contribution in [0.5, 0.6) is 0 Å². The molecule has 2 unspecified atom stereocenters. The van der Waals surface area contributed by atoms with Gasteiger partial charge in [0.1, 0.15) is 0 Å². The van der Waals surface area contributed by atoms with Gasteiger partial charge in [0.05, 0.1) is 11.2 Å². The molecule has 3 aliphatic rings. The molecule has 3 saturated heterocycles. The van der Waals surface area contributed by atoms with E-state index in [-0.39, 0.29) is 42.0 Å². The number of hydrogen-bond donors (Lipinski definition) is 1. The molecule has 0 spiro atoms. The van der Waals surface area contributed by atoms with Crippen LogP contribution < -0.4 is 5.73 Å². The normalized spacial score (nSPS) is 30.7. The van der Waals surface area contributed by atoms with E-state index in [1.54, 1.807) is 0 Å². The molecule has 3 fully saturated rings. The van der Waals surface area contributed by atoms with Gasteiger partial charge < -0.3 is 24.8 Å². The molecule has 3 amide bonds. The standard InChI is InChI=1S/C18H32BN3O4/c1-17(2)18(3,4)26-19(25-17)14-7-9-22(12-14)16(24)21-8-5-6-13(11-21)10-15(20)23/h13-14H,5-12H2,1-4H3,(H2,20,23). The average molecular weight is 365 g/mol. The van der Waals surface area contributed by atoms with Crippen LogP contribution in [0.2, 0.25) is 5.82 Å². The Morgan fingerprint density at radius 1 is 1.04 bits per heavy atom. The molecule has 8 heteroatoms. The Labute approximate surface area is 156 Å². The minimum Gasteiger partial charge on any atom is -0.403 e. The van der Waals surface area contributed by atoms with Crippen molar-refractivity contribution in [2.24, 2.45) is 11.7 Å². The molecule has 2 atom stereocenters. The van der Waals surface area contributed by atoms with Crippen LogP contribution >= 0.6 is 0 Å². The number of nitrogens with zero attached hydrogens (tertiary/aromatic N) is 2. The maximum absolute atomic E-state index is 12.9. The van der Waals surface area contributed by atoms with Gasteiger partial charge >= 0.3 is 13.1 Å². The zero-order valence-electron chi connectivity index (χ0n) is 16.5. The Bertz CT molecular complexity index is 553. The number of urea groups is 1. The summed E-state index contributed by atoms with van der Waals surface area (Å²) >= 11 is 0. The van der Waals surface area contributed by atoms with Crippen LogP contribution in [0.15, 0.2) is 0 Å². The maximum atomic E-state index is 12.9. The van der Waals surface area contributed by atoms with Gasteiger partial charge in [0.25, 0.3) is 0 Å². The summed E-state index contributed by atoms with van der Waals surface area (Å²) in [6.07, 6.45) is 3.14. The van der Waals surface area contributed by atoms with E-state index in [0.717, 1.165) is 32.4 Å². The SMILES string of the molecule is CC1(C)OB(C2CCN(C(=O)N3CCCC(CC(N)=O)C3)C2)OC1(C)C. The zero-order chi connectivity index (χ0) is 19.1. The third-order valence-electron chi connectivity index (χ3n) is 6.43. The molecular weight excluding hydrogens is 333 g/mol. The summed E-state index contributed by atoms with van der Waals surface area (Å²) in [5, 5.41) is 0. The molecule has 0 aliphatic carbocycles. The molecule has 3 rings (SSSR count). The molecule has 0 aromatic heterocycles. The average Bonchev–Trinajstić information content (AvgIpc) is 3.09. The fourth-order valence-electron chi connectivity index (χ4n) is 4.15. The first-order chi connectivity index (χ1) is 12.1. The highest BCUT2D eigenvalue weighted by atomic mass is 16.7. The second-order valence-electron chi connectivity index (χ2n) is 9.03. The van der Waals surface area contributed by atoms with E-state index in [1.165, 1.54) is 0 Å². The minimum atomic E-state index is -0.343. The maximum Gasteiger partial charge on any atom is 0.463 e. The van der Waals surface area contributed by atoms with E-state index < -0.39 is 0 Å². The van der Waals surface area contributed by atoms with Gasteiger partial charge in [-0.2, -0.15) is 0 Å². The number of carbonyl (C=O) groups excluding carboxylic acids is 2. The zero-order valence-corrected chi connectivity index (χ0v) is 16.5. The Balaban J connectivity index is 1.55. The highest BCUT2D eigenvalue weighted by molar-refractivity contribution is 6.47. The fraction of sp³-hybridized carbons (Fsp3) is 0.889. The number of rotatable bonds is 3. The molecule has 3 heterocycles. The van der Waals surface area contributed by atoms with E-state index >= 15 is 0 Å². The predicted octanol–water partition coefficient (Wildman–Crippen LogP) is 1.86. The van der Waals surface area contributed by atoms with Crippen LogP contribution in [0.1, 0.15) is 53.4 Å². The van der Waals surface area contributed by atoms with Gasteiger partial charge in [0.15, 0.2) is 0 Å². The molecule has 0 saturated carbocycles. The second-order valence-corrected chi connectivity index (χ2v) is 9.03. The molecule has 3 aliphatic heterocycles. The lowest BCUT2D eigenvalue weighted by Crippen LogP contribution is -2.47. The number of nitrogens with two attached hydrogens (primary N) is 1. The Morgan fingerprint density at radius 2 is 1.65 bits per heavy atom. The molecular formula is C18H32BN3O4. The summed E-state index contributed by atoms with van der Waals surface area (Å²) in [4.78, 5) is 27.9. The Morgan fingerprint density at radius 3 is 2.27 bits per heavy atom. The Hall–Kier alpha value is -1.28. The first kappa shape index (κ1) is 19.5. The van der Waals surface area contributed by atoms with Gasteiger partial charge in [-0.25, -0.2) is 4.79 Å². The van der Waals surface area contributed by atoms with Gasteiger partial charge in [-0.3, -0.25) is 4.79 Å². The number of amides is 3. The third-order valence-corrected chi connectivity index (χ3v) is 6.43. The number of carbonyl (C=O) groups is 2. The number of likely N-dealkylation sites (tertiary alicyclic amines) is 2. The van der Waals surface area contributed by atoms with Gasteiger partial charge in [0.2, 0.25) is 5.91 Å². The van der Waals surface area contributed by atoms with Crippen molar-refractivity contribution in [2.75, 3.05) is 26.2 Å². The van der Waals surface area contributed by atoms with Crippen LogP contribution in [0.25, 0.3) is 0 Å². The van der Waals surface area contributed by atoms with Gasteiger partial charge in [-0.1, -0.05) is 0 Å². The molecule has 0 bridgehead atoms. The summed E-state index contributed by atoms with van der Waals surface area (Å²) < 4.78 is 12.3. The first-order valence-corrected chi connectivity index (χ1v) is 9.77. The van der Waals surface area contributed by atoms with E-state index in [9.17, 15) is 9.59 Å². The molecule has 26 heavy (non-hydrogen) atoms. The summed E-state index contributed by atoms with van der Waals surface area (Å²) in [6, 6.07) is 0.0678. The fourth-order valence-corrected chi connectivity index (χ4v) is 4.15. The highest BCUT2D eigenvalue weighted by Gasteiger charge is 2.55. The molecule has 2 N–H and O–H groups in total. The molecule has 0 aromatic rings. The lowest BCUT2D eigenvalue weighted by molar-refractivity contribution is -0.119. The number of hydrogen-bond acceptors (Lipinski definition) is 4. The summed E-state index contributed by atoms with van der Waals surface area (Å²) in [6.45, 7) is 11.0. The summed E-state index contributed by atoms with van der Waals surface area (Å²) in [5.74, 6) is 0.101. The highest BCUT2D eigenvalue weighted by Crippen LogP contribution is 2.42. The lowest BCUT2D eigenvalue weighted by Gasteiger charge is -2.35. The number of piperidine rings is 1. The summed E-state index contributed by atoms with van der Waals surface area (Å²) in [5.41, 5.74) is 4.63. The first-order valence-electron chi connectivity index (χ1n) is 9.77. The topological polar surface area (TPSA) is 85.1 Å². The second kappa shape index (κ2) is 7.04. The molecule has 0 radical (unpaired) electrons. The lowest BCUT2D eigenvalue weighted by atomic mass is 9.71. The van der Waals surface area contributed by atoms with E-state index in [1.807, 2.05) is 9.80 Å². The monoisotopic (exact) mass is 365 g/mol. The van der Waals surface area contributed by atoms with Crippen LogP contribution in [-0.2, 0) is 14.1 Å². The van der Waals surface area contributed by atoms with Crippen molar-refractivity contribution >= 4 is 19.1 Å². The Kier molecular flexibility index (Phi) is 5.27. The van der Waals surface area contributed by atoms with Gasteiger partial charge in [0, 0.05) is 38.4 Å². The third kappa shape index (κ3) is 3.86. The van der Waals surface area contributed by atoms with E-state index in [2.05, 4.69) is 27.7 Å². The van der Waals surface area contributed by atoms with Crippen molar-refractivity contribution in [1.82, 2.24) is 9.80 Å². The van der Waals surface area contributed by atoms with Crippen molar-refractivity contribution < 1.29 is 18.9 Å². The molecule has 7 nitrogen and oxygen atoms in total. The van der Waals surface area contributed by atoms with Crippen LogP contribution in [0.3, 0.4) is 0 Å². The van der Waals surface area contributed by atoms with Crippen molar-refractivity contribution in [3.05, 3.63) is 0 Å². The smallest absolute Gasteiger partial charge is 0.403 e. The van der Waals surface area contributed by atoms with E-state index in [4.69, 9.17) is 15.0 Å². The van der Waals surface area contributed by atoms with Crippen LogP contribution in [0.4, 0.5) is 4.79 Å².